The van der Waals surface area contributed by atoms with E-state index in [1.165, 1.54) is 6.42 Å². The molecule has 0 aliphatic carbocycles. The molecule has 0 spiro atoms. The first-order valence-corrected chi connectivity index (χ1v) is 6.36. The number of ether oxygens (including phenoxy) is 1. The van der Waals surface area contributed by atoms with Crippen LogP contribution in [0.4, 0.5) is 0 Å². The molecule has 2 aliphatic rings. The van der Waals surface area contributed by atoms with E-state index in [0.29, 0.717) is 11.8 Å². The molecule has 3 unspecified atom stereocenters. The van der Waals surface area contributed by atoms with Crippen LogP contribution in [-0.2, 0) is 9.53 Å². The molecule has 1 amide bonds. The van der Waals surface area contributed by atoms with Gasteiger partial charge in [0.15, 0.2) is 0 Å². The summed E-state index contributed by atoms with van der Waals surface area (Å²) in [7, 11) is 0. The molecular formula is C12H22N2O2. The van der Waals surface area contributed by atoms with Crippen molar-refractivity contribution in [3.63, 3.8) is 0 Å². The van der Waals surface area contributed by atoms with Gasteiger partial charge >= 0.3 is 0 Å². The van der Waals surface area contributed by atoms with Gasteiger partial charge in [-0.15, -0.1) is 0 Å². The molecule has 3 atom stereocenters. The predicted octanol–water partition coefficient (Wildman–Crippen LogP) is 0.527. The van der Waals surface area contributed by atoms with Gasteiger partial charge in [-0.25, -0.2) is 0 Å². The summed E-state index contributed by atoms with van der Waals surface area (Å²) < 4.78 is 5.29. The van der Waals surface area contributed by atoms with Crippen molar-refractivity contribution in [2.24, 2.45) is 11.8 Å². The fourth-order valence-corrected chi connectivity index (χ4v) is 2.50. The molecule has 2 saturated heterocycles. The third-order valence-corrected chi connectivity index (χ3v) is 3.64. The lowest BCUT2D eigenvalue weighted by Crippen LogP contribution is -2.51. The summed E-state index contributed by atoms with van der Waals surface area (Å²) in [4.78, 5) is 12.0. The van der Waals surface area contributed by atoms with Crippen molar-refractivity contribution in [3.05, 3.63) is 0 Å². The van der Waals surface area contributed by atoms with E-state index >= 15 is 0 Å². The Morgan fingerprint density at radius 2 is 2.38 bits per heavy atom. The van der Waals surface area contributed by atoms with E-state index in [-0.39, 0.29) is 11.9 Å². The smallest absolute Gasteiger partial charge is 0.237 e. The Morgan fingerprint density at radius 3 is 3.06 bits per heavy atom. The number of carbonyl (C=O) groups excluding carboxylic acids is 1. The van der Waals surface area contributed by atoms with Gasteiger partial charge in [0.25, 0.3) is 0 Å². The summed E-state index contributed by atoms with van der Waals surface area (Å²) in [5, 5.41) is 6.34. The average molecular weight is 226 g/mol. The summed E-state index contributed by atoms with van der Waals surface area (Å²) >= 11 is 0. The molecule has 0 aromatic carbocycles. The third-order valence-electron chi connectivity index (χ3n) is 3.64. The quantitative estimate of drug-likeness (QED) is 0.738. The van der Waals surface area contributed by atoms with E-state index in [2.05, 4.69) is 17.6 Å². The van der Waals surface area contributed by atoms with Crippen molar-refractivity contribution < 1.29 is 9.53 Å². The lowest BCUT2D eigenvalue weighted by atomic mass is 9.92. The number of rotatable bonds is 3. The molecular weight excluding hydrogens is 204 g/mol. The van der Waals surface area contributed by atoms with Gasteiger partial charge in [0.2, 0.25) is 5.91 Å². The van der Waals surface area contributed by atoms with Gasteiger partial charge < -0.3 is 15.4 Å². The Kier molecular flexibility index (Phi) is 4.18. The lowest BCUT2D eigenvalue weighted by Gasteiger charge is -2.29. The van der Waals surface area contributed by atoms with Crippen LogP contribution in [0.3, 0.4) is 0 Å². The fraction of sp³-hybridized carbons (Fsp3) is 0.917. The molecule has 0 saturated carbocycles. The maximum atomic E-state index is 12.0. The van der Waals surface area contributed by atoms with E-state index in [1.54, 1.807) is 0 Å². The maximum absolute atomic E-state index is 12.0. The minimum Gasteiger partial charge on any atom is -0.381 e. The number of piperidine rings is 1. The summed E-state index contributed by atoms with van der Waals surface area (Å²) in [6.07, 6.45) is 3.41. The Labute approximate surface area is 97.1 Å². The third kappa shape index (κ3) is 2.95. The standard InChI is InChI=1S/C12H22N2O2/c1-9-3-2-5-13-11(9)12(15)14-7-10-4-6-16-8-10/h9-11,13H,2-8H2,1H3,(H,14,15). The molecule has 2 fully saturated rings. The van der Waals surface area contributed by atoms with Crippen molar-refractivity contribution in [1.82, 2.24) is 10.6 Å². The molecule has 0 radical (unpaired) electrons. The van der Waals surface area contributed by atoms with Crippen molar-refractivity contribution in [3.8, 4) is 0 Å². The van der Waals surface area contributed by atoms with Crippen molar-refractivity contribution in [1.29, 1.82) is 0 Å². The van der Waals surface area contributed by atoms with Gasteiger partial charge in [-0.1, -0.05) is 6.92 Å². The monoisotopic (exact) mass is 226 g/mol. The average Bonchev–Trinajstić information content (AvgIpc) is 2.79. The van der Waals surface area contributed by atoms with Gasteiger partial charge in [0.1, 0.15) is 0 Å². The van der Waals surface area contributed by atoms with Crippen LogP contribution in [0.2, 0.25) is 0 Å². The van der Waals surface area contributed by atoms with Gasteiger partial charge in [-0.2, -0.15) is 0 Å². The van der Waals surface area contributed by atoms with Gasteiger partial charge in [-0.3, -0.25) is 4.79 Å². The Bertz CT molecular complexity index is 239. The molecule has 0 bridgehead atoms. The second kappa shape index (κ2) is 5.64. The molecule has 2 rings (SSSR count). The minimum atomic E-state index is 0.0103. The Morgan fingerprint density at radius 1 is 1.50 bits per heavy atom. The number of hydrogen-bond acceptors (Lipinski definition) is 3. The van der Waals surface area contributed by atoms with Gasteiger partial charge in [0, 0.05) is 19.1 Å². The predicted molar refractivity (Wildman–Crippen MR) is 62.1 cm³/mol. The molecule has 4 heteroatoms. The van der Waals surface area contributed by atoms with Crippen molar-refractivity contribution in [2.45, 2.75) is 32.2 Å². The highest BCUT2D eigenvalue weighted by atomic mass is 16.5. The molecule has 2 N–H and O–H groups in total. The second-order valence-electron chi connectivity index (χ2n) is 5.03. The highest BCUT2D eigenvalue weighted by Gasteiger charge is 2.27. The highest BCUT2D eigenvalue weighted by Crippen LogP contribution is 2.16. The Hall–Kier alpha value is -0.610. The number of amides is 1. The van der Waals surface area contributed by atoms with Crippen LogP contribution >= 0.6 is 0 Å². The van der Waals surface area contributed by atoms with Crippen molar-refractivity contribution >= 4 is 5.91 Å². The van der Waals surface area contributed by atoms with Crippen LogP contribution in [0.5, 0.6) is 0 Å². The zero-order valence-corrected chi connectivity index (χ0v) is 10.00. The minimum absolute atomic E-state index is 0.0103. The summed E-state index contributed by atoms with van der Waals surface area (Å²) in [6, 6.07) is 0.0103. The lowest BCUT2D eigenvalue weighted by molar-refractivity contribution is -0.125. The first kappa shape index (κ1) is 11.9. The van der Waals surface area contributed by atoms with Crippen LogP contribution in [0.1, 0.15) is 26.2 Å². The highest BCUT2D eigenvalue weighted by molar-refractivity contribution is 5.82. The summed E-state index contributed by atoms with van der Waals surface area (Å²) in [5.74, 6) is 1.13. The SMILES string of the molecule is CC1CCCNC1C(=O)NCC1CCOC1. The van der Waals surface area contributed by atoms with Crippen LogP contribution in [0.15, 0.2) is 0 Å². The van der Waals surface area contributed by atoms with E-state index in [0.717, 1.165) is 39.1 Å². The molecule has 0 aromatic rings. The summed E-state index contributed by atoms with van der Waals surface area (Å²) in [5.41, 5.74) is 0. The van der Waals surface area contributed by atoms with E-state index in [1.807, 2.05) is 0 Å². The van der Waals surface area contributed by atoms with Crippen molar-refractivity contribution in [2.75, 3.05) is 26.3 Å². The molecule has 2 aliphatic heterocycles. The fourth-order valence-electron chi connectivity index (χ4n) is 2.50. The number of hydrogen-bond donors (Lipinski definition) is 2. The Balaban J connectivity index is 1.73. The zero-order valence-electron chi connectivity index (χ0n) is 10.00. The van der Waals surface area contributed by atoms with Gasteiger partial charge in [0.05, 0.1) is 12.6 Å². The van der Waals surface area contributed by atoms with Gasteiger partial charge in [-0.05, 0) is 31.7 Å². The number of nitrogens with one attached hydrogen (secondary N) is 2. The molecule has 0 aromatic heterocycles. The molecule has 92 valence electrons. The second-order valence-corrected chi connectivity index (χ2v) is 5.03. The summed E-state index contributed by atoms with van der Waals surface area (Å²) in [6.45, 7) is 5.53. The number of carbonyl (C=O) groups is 1. The topological polar surface area (TPSA) is 50.4 Å². The van der Waals surface area contributed by atoms with Crippen LogP contribution in [-0.4, -0.2) is 38.3 Å². The first-order valence-electron chi connectivity index (χ1n) is 6.36. The van der Waals surface area contributed by atoms with Crippen LogP contribution in [0, 0.1) is 11.8 Å². The van der Waals surface area contributed by atoms with Crippen LogP contribution in [0.25, 0.3) is 0 Å². The molecule has 2 heterocycles. The zero-order chi connectivity index (χ0) is 11.4. The van der Waals surface area contributed by atoms with E-state index in [9.17, 15) is 4.79 Å². The van der Waals surface area contributed by atoms with E-state index in [4.69, 9.17) is 4.74 Å². The largest absolute Gasteiger partial charge is 0.381 e. The maximum Gasteiger partial charge on any atom is 0.237 e. The normalized spacial score (nSPS) is 34.9. The first-order chi connectivity index (χ1) is 7.77. The molecule has 4 nitrogen and oxygen atoms in total. The molecule has 16 heavy (non-hydrogen) atoms. The van der Waals surface area contributed by atoms with E-state index < -0.39 is 0 Å². The van der Waals surface area contributed by atoms with Crippen LogP contribution < -0.4 is 10.6 Å².